The average molecular weight is 482 g/mol. The molecule has 172 valence electrons. The summed E-state index contributed by atoms with van der Waals surface area (Å²) in [4.78, 5) is 62.4. The number of carbonyl (C=O) groups is 1. The Morgan fingerprint density at radius 3 is 2.16 bits per heavy atom. The van der Waals surface area contributed by atoms with Gasteiger partial charge in [0.05, 0.1) is 25.7 Å². The van der Waals surface area contributed by atoms with Gasteiger partial charge in [-0.1, -0.05) is 0 Å². The minimum atomic E-state index is -5.41. The number of aliphatic hydroxyl groups is 1. The summed E-state index contributed by atoms with van der Waals surface area (Å²) in [5, 5.41) is 13.6. The Morgan fingerprint density at radius 2 is 1.74 bits per heavy atom. The molecule has 0 aliphatic heterocycles. The zero-order chi connectivity index (χ0) is 23.9. The second-order valence-electron chi connectivity index (χ2n) is 5.55. The molecule has 19 heteroatoms. The quantitative estimate of drug-likeness (QED) is 0.175. The fraction of sp³-hybridized carbons (Fsp3) is 0.250. The van der Waals surface area contributed by atoms with Crippen LogP contribution in [0.5, 0.6) is 0 Å². The molecule has 31 heavy (non-hydrogen) atoms. The molecule has 17 nitrogen and oxygen atoms in total. The van der Waals surface area contributed by atoms with Crippen LogP contribution in [0.15, 0.2) is 31.4 Å². The number of nitrogens with zero attached hydrogens (tertiary/aromatic N) is 5. The van der Waals surface area contributed by atoms with Crippen LogP contribution in [0.3, 0.4) is 0 Å². The van der Waals surface area contributed by atoms with E-state index in [0.717, 1.165) is 10.9 Å². The largest absolute Gasteiger partial charge is 0.480 e. The SMILES string of the molecule is NCC(=O)O.Nc1ncnc2[nH]cnc12.O=P(O)(O)C(O)(Cn1ccnc1)P(=O)(O)O. The normalized spacial score (nSPS) is 11.8. The van der Waals surface area contributed by atoms with Gasteiger partial charge in [0, 0.05) is 12.4 Å². The predicted octanol–water partition coefficient (Wildman–Crippen LogP) is -2.15. The van der Waals surface area contributed by atoms with E-state index >= 15 is 0 Å². The lowest BCUT2D eigenvalue weighted by Gasteiger charge is -2.29. The van der Waals surface area contributed by atoms with Crippen LogP contribution in [0, 0.1) is 0 Å². The summed E-state index contributed by atoms with van der Waals surface area (Å²) in [7, 11) is -10.8. The van der Waals surface area contributed by atoms with Crippen LogP contribution in [0.1, 0.15) is 0 Å². The van der Waals surface area contributed by atoms with Gasteiger partial charge in [-0.15, -0.1) is 0 Å². The number of aromatic nitrogens is 6. The first-order valence-electron chi connectivity index (χ1n) is 7.83. The molecule has 11 N–H and O–H groups in total. The van der Waals surface area contributed by atoms with E-state index in [4.69, 9.17) is 30.4 Å². The highest BCUT2D eigenvalue weighted by Gasteiger charge is 2.59. The number of anilines is 1. The van der Waals surface area contributed by atoms with E-state index in [-0.39, 0.29) is 6.54 Å². The minimum absolute atomic E-state index is 0.278. The Kier molecular flexibility index (Phi) is 8.92. The molecular formula is C12H20N8O9P2. The third-order valence-corrected chi connectivity index (χ3v) is 7.02. The van der Waals surface area contributed by atoms with Gasteiger partial charge in [-0.3, -0.25) is 13.9 Å². The molecule has 0 spiro atoms. The molecule has 0 amide bonds. The van der Waals surface area contributed by atoms with Crippen molar-refractivity contribution in [1.29, 1.82) is 0 Å². The van der Waals surface area contributed by atoms with Crippen molar-refractivity contribution in [2.45, 2.75) is 11.6 Å². The predicted molar refractivity (Wildman–Crippen MR) is 104 cm³/mol. The standard InChI is InChI=1S/C5H5N5.C5H10N2O7P2.C2H5NO2/c6-4-3-5(9-1-7-3)10-2-8-4;8-5(15(9,10)11,16(12,13)14)3-7-2-1-6-4-7;3-1-2(4)5/h1-2H,(H3,6,7,8,9,10);1-2,4,8H,3H2,(H2,9,10,11)(H2,12,13,14);1,3H2,(H,4,5). The van der Waals surface area contributed by atoms with E-state index < -0.39 is 32.8 Å². The highest BCUT2D eigenvalue weighted by Crippen LogP contribution is 2.67. The van der Waals surface area contributed by atoms with E-state index in [2.05, 4.69) is 30.7 Å². The summed E-state index contributed by atoms with van der Waals surface area (Å²) in [6.07, 6.45) is 6.44. The van der Waals surface area contributed by atoms with Crippen molar-refractivity contribution < 1.29 is 43.7 Å². The first-order valence-corrected chi connectivity index (χ1v) is 11.1. The van der Waals surface area contributed by atoms with E-state index in [9.17, 15) is 19.0 Å². The van der Waals surface area contributed by atoms with E-state index in [1.165, 1.54) is 25.0 Å². The molecule has 0 aliphatic carbocycles. The molecule has 0 radical (unpaired) electrons. The lowest BCUT2D eigenvalue weighted by Crippen LogP contribution is -2.33. The Bertz CT molecular complexity index is 1050. The summed E-state index contributed by atoms with van der Waals surface area (Å²) >= 11 is 0. The number of hydrogen-bond acceptors (Lipinski definition) is 10. The van der Waals surface area contributed by atoms with Crippen molar-refractivity contribution in [2.75, 3.05) is 12.3 Å². The van der Waals surface area contributed by atoms with Crippen molar-refractivity contribution in [2.24, 2.45) is 5.73 Å². The Hall–Kier alpha value is -2.75. The number of hydrogen-bond donors (Lipinski definition) is 9. The van der Waals surface area contributed by atoms with Gasteiger partial charge < -0.3 is 50.8 Å². The second kappa shape index (κ2) is 10.5. The van der Waals surface area contributed by atoms with Crippen LogP contribution in [0.4, 0.5) is 5.82 Å². The molecule has 0 bridgehead atoms. The number of nitrogens with one attached hydrogen (secondary N) is 1. The molecule has 0 aliphatic rings. The molecule has 0 saturated heterocycles. The van der Waals surface area contributed by atoms with Crippen molar-refractivity contribution in [3.05, 3.63) is 31.4 Å². The van der Waals surface area contributed by atoms with Gasteiger partial charge in [0.1, 0.15) is 11.8 Å². The molecule has 0 unspecified atom stereocenters. The highest BCUT2D eigenvalue weighted by atomic mass is 31.2. The van der Waals surface area contributed by atoms with E-state index in [1.54, 1.807) is 0 Å². The van der Waals surface area contributed by atoms with Gasteiger partial charge in [-0.25, -0.2) is 19.9 Å². The van der Waals surface area contributed by atoms with E-state index in [1.807, 2.05) is 0 Å². The van der Waals surface area contributed by atoms with Gasteiger partial charge in [-0.05, 0) is 0 Å². The zero-order valence-corrected chi connectivity index (χ0v) is 17.3. The molecule has 0 saturated carbocycles. The molecule has 3 aromatic rings. The van der Waals surface area contributed by atoms with Crippen LogP contribution in [0.25, 0.3) is 11.2 Å². The number of aromatic amines is 1. The number of rotatable bonds is 5. The lowest BCUT2D eigenvalue weighted by atomic mass is 10.5. The Morgan fingerprint density at radius 1 is 1.16 bits per heavy atom. The summed E-state index contributed by atoms with van der Waals surface area (Å²) in [6.45, 7) is -1.23. The number of fused-ring (bicyclic) bond motifs is 1. The molecular weight excluding hydrogens is 462 g/mol. The van der Waals surface area contributed by atoms with Gasteiger partial charge in [0.15, 0.2) is 11.5 Å². The molecule has 0 fully saturated rings. The monoisotopic (exact) mass is 482 g/mol. The van der Waals surface area contributed by atoms with Crippen LogP contribution >= 0.6 is 15.2 Å². The van der Waals surface area contributed by atoms with Crippen LogP contribution < -0.4 is 11.5 Å². The minimum Gasteiger partial charge on any atom is -0.480 e. The molecule has 3 aromatic heterocycles. The number of nitrogens with two attached hydrogens (primary N) is 2. The van der Waals surface area contributed by atoms with Crippen molar-refractivity contribution in [1.82, 2.24) is 29.5 Å². The Balaban J connectivity index is 0.000000270. The van der Waals surface area contributed by atoms with Crippen molar-refractivity contribution in [3.63, 3.8) is 0 Å². The maximum absolute atomic E-state index is 10.9. The van der Waals surface area contributed by atoms with Gasteiger partial charge in [-0.2, -0.15) is 0 Å². The first kappa shape index (κ1) is 26.3. The maximum atomic E-state index is 10.9. The Labute approximate surface area is 173 Å². The van der Waals surface area contributed by atoms with Crippen molar-refractivity contribution >= 4 is 38.1 Å². The lowest BCUT2D eigenvalue weighted by molar-refractivity contribution is -0.135. The summed E-state index contributed by atoms with van der Waals surface area (Å²) in [6, 6.07) is 0. The topological polar surface area (TPSA) is 297 Å². The smallest absolute Gasteiger partial charge is 0.371 e. The van der Waals surface area contributed by atoms with Gasteiger partial charge in [0.25, 0.3) is 5.08 Å². The zero-order valence-electron chi connectivity index (χ0n) is 15.5. The van der Waals surface area contributed by atoms with Gasteiger partial charge in [0.2, 0.25) is 0 Å². The number of carboxylic acid groups (broad SMARTS) is 1. The number of imidazole rings is 2. The maximum Gasteiger partial charge on any atom is 0.371 e. The molecule has 0 atom stereocenters. The molecule has 3 rings (SSSR count). The summed E-state index contributed by atoms with van der Waals surface area (Å²) in [5.41, 5.74) is 11.3. The number of nitrogen functional groups attached to an aromatic ring is 1. The third-order valence-electron chi connectivity index (χ3n) is 3.31. The fourth-order valence-electron chi connectivity index (χ4n) is 1.76. The van der Waals surface area contributed by atoms with Crippen LogP contribution in [-0.4, -0.2) is 76.9 Å². The fourth-order valence-corrected chi connectivity index (χ4v) is 3.82. The van der Waals surface area contributed by atoms with Crippen LogP contribution in [-0.2, 0) is 20.5 Å². The summed E-state index contributed by atoms with van der Waals surface area (Å²) < 4.78 is 22.8. The highest BCUT2D eigenvalue weighted by molar-refractivity contribution is 7.72. The summed E-state index contributed by atoms with van der Waals surface area (Å²) in [5.74, 6) is -0.559. The van der Waals surface area contributed by atoms with Gasteiger partial charge >= 0.3 is 21.2 Å². The average Bonchev–Trinajstić information content (AvgIpc) is 3.33. The number of aliphatic carboxylic acids is 1. The second-order valence-corrected chi connectivity index (χ2v) is 9.56. The third kappa shape index (κ3) is 7.16. The van der Waals surface area contributed by atoms with Crippen molar-refractivity contribution in [3.8, 4) is 0 Å². The van der Waals surface area contributed by atoms with Crippen LogP contribution in [0.2, 0.25) is 0 Å². The first-order chi connectivity index (χ1) is 14.2. The molecule has 3 heterocycles. The molecule has 0 aromatic carbocycles. The number of H-pyrrole nitrogens is 1. The van der Waals surface area contributed by atoms with E-state index in [0.29, 0.717) is 17.0 Å². The number of carboxylic acids is 1.